The molecule has 0 aliphatic heterocycles. The van der Waals surface area contributed by atoms with Crippen LogP contribution in [0.4, 0.5) is 0 Å². The zero-order valence-corrected chi connectivity index (χ0v) is 10.8. The summed E-state index contributed by atoms with van der Waals surface area (Å²) in [5.74, 6) is -0.110. The molecule has 1 amide bonds. The van der Waals surface area contributed by atoms with Crippen LogP contribution in [0.15, 0.2) is 18.2 Å². The lowest BCUT2D eigenvalue weighted by Gasteiger charge is -2.15. The minimum absolute atomic E-state index is 0.110. The van der Waals surface area contributed by atoms with Gasteiger partial charge in [-0.3, -0.25) is 4.79 Å². The van der Waals surface area contributed by atoms with Crippen LogP contribution in [-0.4, -0.2) is 12.5 Å². The highest BCUT2D eigenvalue weighted by molar-refractivity contribution is 6.31. The summed E-state index contributed by atoms with van der Waals surface area (Å²) in [7, 11) is 0. The second-order valence-electron chi connectivity index (χ2n) is 3.96. The van der Waals surface area contributed by atoms with Gasteiger partial charge in [0.05, 0.1) is 0 Å². The molecule has 1 rings (SSSR count). The number of benzene rings is 1. The van der Waals surface area contributed by atoms with Crippen molar-refractivity contribution in [1.29, 1.82) is 0 Å². The van der Waals surface area contributed by atoms with E-state index in [9.17, 15) is 4.79 Å². The van der Waals surface area contributed by atoms with E-state index in [1.165, 1.54) is 0 Å². The SMILES string of the molecule is CCCNC(=O)C(Cl)c1c(C)cccc1C. The fourth-order valence-corrected chi connectivity index (χ4v) is 2.12. The van der Waals surface area contributed by atoms with E-state index >= 15 is 0 Å². The molecule has 0 spiro atoms. The minimum Gasteiger partial charge on any atom is -0.355 e. The molecule has 0 radical (unpaired) electrons. The maximum absolute atomic E-state index is 11.8. The normalized spacial score (nSPS) is 12.2. The molecule has 0 saturated heterocycles. The van der Waals surface area contributed by atoms with Crippen LogP contribution in [-0.2, 0) is 4.79 Å². The first-order valence-corrected chi connectivity index (χ1v) is 5.99. The number of rotatable bonds is 4. The maximum Gasteiger partial charge on any atom is 0.242 e. The Labute approximate surface area is 102 Å². The van der Waals surface area contributed by atoms with Gasteiger partial charge in [-0.25, -0.2) is 0 Å². The maximum atomic E-state index is 11.8. The molecule has 88 valence electrons. The topological polar surface area (TPSA) is 29.1 Å². The fourth-order valence-electron chi connectivity index (χ4n) is 1.70. The Hall–Kier alpha value is -1.02. The van der Waals surface area contributed by atoms with Crippen LogP contribution in [0.25, 0.3) is 0 Å². The molecular weight excluding hydrogens is 222 g/mol. The molecular formula is C13H18ClNO. The fraction of sp³-hybridized carbons (Fsp3) is 0.462. The molecule has 2 nitrogen and oxygen atoms in total. The second-order valence-corrected chi connectivity index (χ2v) is 4.40. The lowest BCUT2D eigenvalue weighted by atomic mass is 9.99. The van der Waals surface area contributed by atoms with Crippen LogP contribution in [0.5, 0.6) is 0 Å². The lowest BCUT2D eigenvalue weighted by Crippen LogP contribution is -2.28. The van der Waals surface area contributed by atoms with Crippen LogP contribution >= 0.6 is 11.6 Å². The van der Waals surface area contributed by atoms with Crippen molar-refractivity contribution in [3.8, 4) is 0 Å². The summed E-state index contributed by atoms with van der Waals surface area (Å²) < 4.78 is 0. The van der Waals surface area contributed by atoms with Gasteiger partial charge in [-0.15, -0.1) is 11.6 Å². The highest BCUT2D eigenvalue weighted by Crippen LogP contribution is 2.27. The number of amides is 1. The second kappa shape index (κ2) is 5.90. The zero-order valence-electron chi connectivity index (χ0n) is 10.0. The summed E-state index contributed by atoms with van der Waals surface area (Å²) in [4.78, 5) is 11.8. The third-order valence-electron chi connectivity index (χ3n) is 2.57. The molecule has 1 unspecified atom stereocenters. The quantitative estimate of drug-likeness (QED) is 0.804. The molecule has 3 heteroatoms. The van der Waals surface area contributed by atoms with Gasteiger partial charge in [0.1, 0.15) is 5.38 Å². The average Bonchev–Trinajstić information content (AvgIpc) is 2.25. The van der Waals surface area contributed by atoms with Gasteiger partial charge in [-0.2, -0.15) is 0 Å². The molecule has 1 aromatic rings. The monoisotopic (exact) mass is 239 g/mol. The van der Waals surface area contributed by atoms with Crippen LogP contribution in [0.2, 0.25) is 0 Å². The van der Waals surface area contributed by atoms with E-state index in [2.05, 4.69) is 5.32 Å². The average molecular weight is 240 g/mol. The molecule has 0 heterocycles. The van der Waals surface area contributed by atoms with Crippen molar-refractivity contribution in [2.45, 2.75) is 32.6 Å². The summed E-state index contributed by atoms with van der Waals surface area (Å²) in [6.45, 7) is 6.64. The third kappa shape index (κ3) is 2.99. The number of carbonyl (C=O) groups excluding carboxylic acids is 1. The first-order chi connectivity index (χ1) is 7.57. The van der Waals surface area contributed by atoms with E-state index in [1.807, 2.05) is 39.0 Å². The van der Waals surface area contributed by atoms with Gasteiger partial charge in [0.25, 0.3) is 0 Å². The molecule has 0 bridgehead atoms. The summed E-state index contributed by atoms with van der Waals surface area (Å²) in [5.41, 5.74) is 3.05. The predicted octanol–water partition coefficient (Wildman–Crippen LogP) is 3.11. The van der Waals surface area contributed by atoms with Gasteiger partial charge in [-0.1, -0.05) is 25.1 Å². The van der Waals surface area contributed by atoms with Crippen molar-refractivity contribution in [2.24, 2.45) is 0 Å². The zero-order chi connectivity index (χ0) is 12.1. The van der Waals surface area contributed by atoms with Gasteiger partial charge in [0, 0.05) is 6.54 Å². The molecule has 0 aliphatic carbocycles. The van der Waals surface area contributed by atoms with Crippen LogP contribution in [0, 0.1) is 13.8 Å². The van der Waals surface area contributed by atoms with Crippen molar-refractivity contribution < 1.29 is 4.79 Å². The smallest absolute Gasteiger partial charge is 0.242 e. The Morgan fingerprint density at radius 2 is 1.94 bits per heavy atom. The molecule has 1 aromatic carbocycles. The molecule has 1 N–H and O–H groups in total. The number of nitrogens with one attached hydrogen (secondary N) is 1. The predicted molar refractivity (Wildman–Crippen MR) is 67.8 cm³/mol. The van der Waals surface area contributed by atoms with Crippen molar-refractivity contribution in [1.82, 2.24) is 5.32 Å². The highest BCUT2D eigenvalue weighted by atomic mass is 35.5. The Balaban J connectivity index is 2.87. The number of alkyl halides is 1. The number of hydrogen-bond donors (Lipinski definition) is 1. The van der Waals surface area contributed by atoms with E-state index in [1.54, 1.807) is 0 Å². The summed E-state index contributed by atoms with van der Waals surface area (Å²) in [5, 5.41) is 2.22. The van der Waals surface area contributed by atoms with Crippen molar-refractivity contribution >= 4 is 17.5 Å². The standard InChI is InChI=1S/C13H18ClNO/c1-4-8-15-13(16)12(14)11-9(2)6-5-7-10(11)3/h5-7,12H,4,8H2,1-3H3,(H,15,16). The molecule has 0 fully saturated rings. The Morgan fingerprint density at radius 1 is 1.38 bits per heavy atom. The Kier molecular flexibility index (Phi) is 4.81. The van der Waals surface area contributed by atoms with Crippen LogP contribution in [0.3, 0.4) is 0 Å². The third-order valence-corrected chi connectivity index (χ3v) is 2.99. The summed E-state index contributed by atoms with van der Waals surface area (Å²) in [6.07, 6.45) is 0.919. The van der Waals surface area contributed by atoms with E-state index in [0.29, 0.717) is 6.54 Å². The lowest BCUT2D eigenvalue weighted by molar-refractivity contribution is -0.120. The van der Waals surface area contributed by atoms with Gasteiger partial charge >= 0.3 is 0 Å². The van der Waals surface area contributed by atoms with E-state index < -0.39 is 5.38 Å². The van der Waals surface area contributed by atoms with Gasteiger partial charge < -0.3 is 5.32 Å². The van der Waals surface area contributed by atoms with Crippen LogP contribution < -0.4 is 5.32 Å². The van der Waals surface area contributed by atoms with Crippen molar-refractivity contribution in [2.75, 3.05) is 6.54 Å². The molecule has 0 aromatic heterocycles. The van der Waals surface area contributed by atoms with Gasteiger partial charge in [0.2, 0.25) is 5.91 Å². The summed E-state index contributed by atoms with van der Waals surface area (Å²) >= 11 is 6.19. The number of halogens is 1. The Bertz CT molecular complexity index is 356. The molecule has 1 atom stereocenters. The van der Waals surface area contributed by atoms with Gasteiger partial charge in [0.15, 0.2) is 0 Å². The molecule has 16 heavy (non-hydrogen) atoms. The number of aryl methyl sites for hydroxylation is 2. The highest BCUT2D eigenvalue weighted by Gasteiger charge is 2.20. The van der Waals surface area contributed by atoms with Crippen LogP contribution in [0.1, 0.15) is 35.4 Å². The molecule has 0 aliphatic rings. The van der Waals surface area contributed by atoms with Crippen molar-refractivity contribution in [3.05, 3.63) is 34.9 Å². The van der Waals surface area contributed by atoms with E-state index in [4.69, 9.17) is 11.6 Å². The number of hydrogen-bond acceptors (Lipinski definition) is 1. The van der Waals surface area contributed by atoms with E-state index in [0.717, 1.165) is 23.1 Å². The van der Waals surface area contributed by atoms with Crippen molar-refractivity contribution in [3.63, 3.8) is 0 Å². The van der Waals surface area contributed by atoms with E-state index in [-0.39, 0.29) is 5.91 Å². The van der Waals surface area contributed by atoms with Gasteiger partial charge in [-0.05, 0) is 37.0 Å². The first kappa shape index (κ1) is 13.0. The largest absolute Gasteiger partial charge is 0.355 e. The molecule has 0 saturated carbocycles. The summed E-state index contributed by atoms with van der Waals surface area (Å²) in [6, 6.07) is 5.93. The Morgan fingerprint density at radius 3 is 2.44 bits per heavy atom. The first-order valence-electron chi connectivity index (χ1n) is 5.55. The minimum atomic E-state index is -0.590. The number of carbonyl (C=O) groups is 1.